The van der Waals surface area contributed by atoms with Crippen LogP contribution in [0.1, 0.15) is 54.3 Å². The Bertz CT molecular complexity index is 1770. The maximum atomic E-state index is 14.8. The van der Waals surface area contributed by atoms with Gasteiger partial charge in [-0.3, -0.25) is 0 Å². The zero-order valence-electron chi connectivity index (χ0n) is 24.8. The van der Waals surface area contributed by atoms with E-state index in [2.05, 4.69) is 84.9 Å². The molecule has 0 amide bonds. The number of hydrogen-bond acceptors (Lipinski definition) is 5. The number of aryl methyl sites for hydroxylation is 1. The first-order valence-electron chi connectivity index (χ1n) is 14.8. The van der Waals surface area contributed by atoms with Crippen molar-refractivity contribution in [1.29, 1.82) is 0 Å². The van der Waals surface area contributed by atoms with E-state index in [0.717, 1.165) is 75.4 Å². The van der Waals surface area contributed by atoms with E-state index >= 15 is 0 Å². The highest BCUT2D eigenvalue weighted by atomic mass is 16.5. The molecule has 3 heterocycles. The highest BCUT2D eigenvalue weighted by Crippen LogP contribution is 2.55. The molecule has 214 valence electrons. The van der Waals surface area contributed by atoms with Crippen LogP contribution in [0.5, 0.6) is 5.75 Å². The monoisotopic (exact) mass is 558 g/mol. The van der Waals surface area contributed by atoms with Gasteiger partial charge in [0, 0.05) is 77.1 Å². The number of nitrogens with zero attached hydrogens (tertiary/aromatic N) is 2. The third kappa shape index (κ3) is 4.01. The second-order valence-electron chi connectivity index (χ2n) is 10.7. The van der Waals surface area contributed by atoms with Gasteiger partial charge in [0.25, 0.3) is 0 Å². The van der Waals surface area contributed by atoms with E-state index in [0.29, 0.717) is 5.75 Å². The predicted octanol–water partition coefficient (Wildman–Crippen LogP) is 6.54. The third-order valence-corrected chi connectivity index (χ3v) is 8.78. The van der Waals surface area contributed by atoms with Crippen LogP contribution in [0, 0.1) is 6.92 Å². The number of aromatic nitrogens is 1. The lowest BCUT2D eigenvalue weighted by Crippen LogP contribution is -2.39. The second-order valence-corrected chi connectivity index (χ2v) is 10.7. The van der Waals surface area contributed by atoms with Gasteiger partial charge in [-0.2, -0.15) is 0 Å². The lowest BCUT2D eigenvalue weighted by molar-refractivity contribution is -0.135. The Morgan fingerprint density at radius 2 is 1.76 bits per heavy atom. The summed E-state index contributed by atoms with van der Waals surface area (Å²) in [4.78, 5) is 17.1. The van der Waals surface area contributed by atoms with E-state index in [-0.39, 0.29) is 12.5 Å². The maximum absolute atomic E-state index is 14.8. The minimum atomic E-state index is -1.24. The summed E-state index contributed by atoms with van der Waals surface area (Å²) in [6.45, 7) is 11.4. The summed E-state index contributed by atoms with van der Waals surface area (Å²) in [5.41, 5.74) is 13.9. The molecule has 1 atom stereocenters. The number of ether oxygens (including phenoxy) is 1. The van der Waals surface area contributed by atoms with Crippen LogP contribution >= 0.6 is 0 Å². The molecule has 6 rings (SSSR count). The molecular formula is C36H38N4O2. The number of fused-ring (bicyclic) bond motifs is 2. The molecule has 0 saturated carbocycles. The van der Waals surface area contributed by atoms with Gasteiger partial charge in [0.05, 0.1) is 0 Å². The number of nitrogens with two attached hydrogens (primary N) is 1. The lowest BCUT2D eigenvalue weighted by Gasteiger charge is -2.33. The van der Waals surface area contributed by atoms with Crippen LogP contribution in [-0.2, 0) is 23.3 Å². The number of anilines is 1. The minimum Gasteiger partial charge on any atom is -0.425 e. The van der Waals surface area contributed by atoms with Crippen LogP contribution in [-0.4, -0.2) is 23.6 Å². The number of hydrogen-bond donors (Lipinski definition) is 2. The molecule has 2 aliphatic heterocycles. The molecule has 0 saturated heterocycles. The molecule has 2 aliphatic rings. The van der Waals surface area contributed by atoms with Gasteiger partial charge >= 0.3 is 5.97 Å². The number of esters is 1. The molecule has 0 radical (unpaired) electrons. The van der Waals surface area contributed by atoms with Gasteiger partial charge in [-0.15, -0.1) is 0 Å². The molecule has 42 heavy (non-hydrogen) atoms. The van der Waals surface area contributed by atoms with E-state index in [1.807, 2.05) is 48.7 Å². The largest absolute Gasteiger partial charge is 0.425 e. The third-order valence-electron chi connectivity index (χ3n) is 8.78. The number of carbonyl (C=O) groups excluding carboxylic acids is 1. The van der Waals surface area contributed by atoms with E-state index in [1.54, 1.807) is 0 Å². The summed E-state index contributed by atoms with van der Waals surface area (Å²) in [5.74, 6) is 0.263. The van der Waals surface area contributed by atoms with Crippen molar-refractivity contribution in [3.63, 3.8) is 0 Å². The number of nitrogens with one attached hydrogen (secondary N) is 1. The zero-order chi connectivity index (χ0) is 29.4. The van der Waals surface area contributed by atoms with Gasteiger partial charge in [-0.1, -0.05) is 48.6 Å². The normalized spacial score (nSPS) is 17.5. The summed E-state index contributed by atoms with van der Waals surface area (Å²) in [6.07, 6.45) is 9.89. The number of allylic oxidation sites excluding steroid dienone is 4. The van der Waals surface area contributed by atoms with Crippen molar-refractivity contribution >= 4 is 28.3 Å². The van der Waals surface area contributed by atoms with Gasteiger partial charge < -0.3 is 25.3 Å². The van der Waals surface area contributed by atoms with Gasteiger partial charge in [0.15, 0.2) is 5.41 Å². The Morgan fingerprint density at radius 3 is 2.52 bits per heavy atom. The van der Waals surface area contributed by atoms with Crippen molar-refractivity contribution in [2.75, 3.05) is 18.0 Å². The number of rotatable bonds is 8. The molecule has 3 N–H and O–H groups in total. The molecule has 3 aromatic carbocycles. The maximum Gasteiger partial charge on any atom is 0.331 e. The van der Waals surface area contributed by atoms with Crippen LogP contribution in [0.4, 0.5) is 5.69 Å². The van der Waals surface area contributed by atoms with Crippen LogP contribution in [0.2, 0.25) is 0 Å². The lowest BCUT2D eigenvalue weighted by atomic mass is 9.66. The molecule has 6 nitrogen and oxygen atoms in total. The van der Waals surface area contributed by atoms with E-state index in [4.69, 9.17) is 10.5 Å². The number of para-hydroxylation sites is 1. The summed E-state index contributed by atoms with van der Waals surface area (Å²) in [7, 11) is 0. The fraction of sp³-hybridized carbons (Fsp3) is 0.250. The Morgan fingerprint density at radius 1 is 0.952 bits per heavy atom. The smallest absolute Gasteiger partial charge is 0.331 e. The second kappa shape index (κ2) is 11.0. The van der Waals surface area contributed by atoms with Crippen molar-refractivity contribution in [1.82, 2.24) is 9.88 Å². The molecule has 0 aliphatic carbocycles. The molecule has 0 spiro atoms. The summed E-state index contributed by atoms with van der Waals surface area (Å²) >= 11 is 0. The fourth-order valence-corrected chi connectivity index (χ4v) is 6.95. The van der Waals surface area contributed by atoms with Gasteiger partial charge in [-0.25, -0.2) is 4.79 Å². The van der Waals surface area contributed by atoms with Crippen molar-refractivity contribution in [3.8, 4) is 5.75 Å². The standard InChI is InChI=1S/C36H38N4O2/c1-5-39(6-2)26-19-20-29(25(22-26)23-37)36(33-24(4)40(7-3)31-17-11-10-14-28(31)33)34-27(30-16-9-8-12-21-38-30)15-13-18-32(34)42-35(36)41/h8-22,38H,5-7,23,37H2,1-4H3. The number of benzene rings is 3. The molecule has 6 heteroatoms. The molecule has 0 bridgehead atoms. The van der Waals surface area contributed by atoms with Gasteiger partial charge in [0.1, 0.15) is 5.75 Å². The quantitative estimate of drug-likeness (QED) is 0.190. The van der Waals surface area contributed by atoms with Crippen molar-refractivity contribution in [2.45, 2.75) is 46.2 Å². The van der Waals surface area contributed by atoms with E-state index in [9.17, 15) is 4.79 Å². The fourth-order valence-electron chi connectivity index (χ4n) is 6.95. The topological polar surface area (TPSA) is 72.5 Å². The number of carbonyl (C=O) groups is 1. The van der Waals surface area contributed by atoms with Crippen LogP contribution in [0.15, 0.2) is 91.2 Å². The van der Waals surface area contributed by atoms with Crippen molar-refractivity contribution in [2.24, 2.45) is 5.73 Å². The van der Waals surface area contributed by atoms with Gasteiger partial charge in [-0.05, 0) is 75.2 Å². The van der Waals surface area contributed by atoms with Crippen molar-refractivity contribution in [3.05, 3.63) is 125 Å². The van der Waals surface area contributed by atoms with E-state index in [1.165, 1.54) is 0 Å². The molecule has 1 unspecified atom stereocenters. The molecule has 4 aromatic rings. The minimum absolute atomic E-state index is 0.287. The van der Waals surface area contributed by atoms with Crippen LogP contribution < -0.4 is 20.7 Å². The summed E-state index contributed by atoms with van der Waals surface area (Å²) < 4.78 is 8.56. The van der Waals surface area contributed by atoms with Crippen molar-refractivity contribution < 1.29 is 9.53 Å². The van der Waals surface area contributed by atoms with Gasteiger partial charge in [0.2, 0.25) is 0 Å². The first kappa shape index (κ1) is 27.6. The SMILES string of the molecule is CCN(CC)c1ccc(C2(c3c(C)n(CC)c4ccccc34)C(=O)Oc3cccc(C4=CC=CC=CN4)c32)c(CN)c1. The Labute approximate surface area is 247 Å². The average molecular weight is 559 g/mol. The first-order chi connectivity index (χ1) is 20.5. The first-order valence-corrected chi connectivity index (χ1v) is 14.8. The molecule has 0 fully saturated rings. The highest BCUT2D eigenvalue weighted by Gasteiger charge is 2.56. The summed E-state index contributed by atoms with van der Waals surface area (Å²) in [5, 5.41) is 4.47. The zero-order valence-corrected chi connectivity index (χ0v) is 24.8. The summed E-state index contributed by atoms with van der Waals surface area (Å²) in [6, 6.07) is 20.7. The van der Waals surface area contributed by atoms with Crippen LogP contribution in [0.3, 0.4) is 0 Å². The Hall–Kier alpha value is -4.55. The highest BCUT2D eigenvalue weighted by molar-refractivity contribution is 6.05. The average Bonchev–Trinajstić information content (AvgIpc) is 3.30. The van der Waals surface area contributed by atoms with E-state index < -0.39 is 5.41 Å². The predicted molar refractivity (Wildman–Crippen MR) is 172 cm³/mol. The Balaban J connectivity index is 1.78. The van der Waals surface area contributed by atoms with Crippen LogP contribution in [0.25, 0.3) is 16.6 Å². The molecule has 1 aromatic heterocycles. The Kier molecular flexibility index (Phi) is 7.25. The molecular weight excluding hydrogens is 520 g/mol.